The van der Waals surface area contributed by atoms with E-state index in [4.69, 9.17) is 5.11 Å². The lowest BCUT2D eigenvalue weighted by Crippen LogP contribution is -2.52. The fourth-order valence-corrected chi connectivity index (χ4v) is 2.70. The van der Waals surface area contributed by atoms with E-state index in [1.54, 1.807) is 4.90 Å². The van der Waals surface area contributed by atoms with E-state index in [1.165, 1.54) is 0 Å². The molecule has 1 fully saturated rings. The SMILES string of the molecule is CCN(CC)C(=O)C(CCCNC(=O)O)NC(=O)C1CCCN1. The molecule has 1 saturated heterocycles. The van der Waals surface area contributed by atoms with Crippen molar-refractivity contribution in [3.63, 3.8) is 0 Å². The van der Waals surface area contributed by atoms with Gasteiger partial charge in [-0.2, -0.15) is 0 Å². The fourth-order valence-electron chi connectivity index (χ4n) is 2.70. The Bertz CT molecular complexity index is 406. The molecule has 0 aromatic heterocycles. The van der Waals surface area contributed by atoms with Crippen LogP contribution in [0.2, 0.25) is 0 Å². The van der Waals surface area contributed by atoms with Crippen LogP contribution in [0.4, 0.5) is 4.79 Å². The molecule has 1 rings (SSSR count). The van der Waals surface area contributed by atoms with E-state index >= 15 is 0 Å². The van der Waals surface area contributed by atoms with Crippen molar-refractivity contribution in [1.82, 2.24) is 20.9 Å². The Hall–Kier alpha value is -1.83. The van der Waals surface area contributed by atoms with E-state index in [1.807, 2.05) is 13.8 Å². The number of carbonyl (C=O) groups excluding carboxylic acids is 2. The number of nitrogens with one attached hydrogen (secondary N) is 3. The molecule has 0 bridgehead atoms. The van der Waals surface area contributed by atoms with Gasteiger partial charge in [0.1, 0.15) is 6.04 Å². The molecule has 1 heterocycles. The van der Waals surface area contributed by atoms with Crippen LogP contribution < -0.4 is 16.0 Å². The first kappa shape index (κ1) is 19.2. The number of amides is 3. The Morgan fingerprint density at radius 1 is 1.30 bits per heavy atom. The largest absolute Gasteiger partial charge is 0.465 e. The number of hydrogen-bond acceptors (Lipinski definition) is 4. The zero-order valence-corrected chi connectivity index (χ0v) is 13.9. The van der Waals surface area contributed by atoms with Crippen molar-refractivity contribution in [2.45, 2.75) is 51.6 Å². The van der Waals surface area contributed by atoms with Crippen molar-refractivity contribution in [3.05, 3.63) is 0 Å². The number of hydrogen-bond donors (Lipinski definition) is 4. The highest BCUT2D eigenvalue weighted by Crippen LogP contribution is 2.08. The van der Waals surface area contributed by atoms with Gasteiger partial charge in [-0.3, -0.25) is 9.59 Å². The zero-order chi connectivity index (χ0) is 17.2. The average Bonchev–Trinajstić information content (AvgIpc) is 3.05. The maximum atomic E-state index is 12.5. The summed E-state index contributed by atoms with van der Waals surface area (Å²) in [6.45, 7) is 6.02. The van der Waals surface area contributed by atoms with Crippen molar-refractivity contribution >= 4 is 17.9 Å². The third-order valence-electron chi connectivity index (χ3n) is 4.01. The van der Waals surface area contributed by atoms with Gasteiger partial charge in [-0.1, -0.05) is 0 Å². The van der Waals surface area contributed by atoms with Crippen molar-refractivity contribution in [1.29, 1.82) is 0 Å². The minimum atomic E-state index is -1.09. The standard InChI is InChI=1S/C15H28N4O4/c1-3-19(4-2)14(21)12(8-6-10-17-15(22)23)18-13(20)11-7-5-9-16-11/h11-12,16-17H,3-10H2,1-2H3,(H,18,20)(H,22,23). The van der Waals surface area contributed by atoms with Gasteiger partial charge in [0.15, 0.2) is 0 Å². The summed E-state index contributed by atoms with van der Waals surface area (Å²) in [5.41, 5.74) is 0. The number of nitrogens with zero attached hydrogens (tertiary/aromatic N) is 1. The highest BCUT2D eigenvalue weighted by Gasteiger charge is 2.28. The van der Waals surface area contributed by atoms with Crippen LogP contribution in [0.15, 0.2) is 0 Å². The molecule has 1 aliphatic rings. The van der Waals surface area contributed by atoms with Gasteiger partial charge in [-0.15, -0.1) is 0 Å². The third-order valence-corrected chi connectivity index (χ3v) is 4.01. The first-order chi connectivity index (χ1) is 11.0. The predicted octanol–water partition coefficient (Wildman–Crippen LogP) is 0.139. The maximum Gasteiger partial charge on any atom is 0.404 e. The molecule has 2 unspecified atom stereocenters. The number of rotatable bonds is 9. The Morgan fingerprint density at radius 3 is 2.52 bits per heavy atom. The summed E-state index contributed by atoms with van der Waals surface area (Å²) in [6, 6.07) is -0.848. The molecule has 0 aromatic rings. The van der Waals surface area contributed by atoms with E-state index in [2.05, 4.69) is 16.0 Å². The molecular formula is C15H28N4O4. The minimum absolute atomic E-state index is 0.114. The summed E-state index contributed by atoms with van der Waals surface area (Å²) in [6.07, 6.45) is 1.54. The third kappa shape index (κ3) is 6.43. The van der Waals surface area contributed by atoms with Crippen LogP contribution in [0.1, 0.15) is 39.5 Å². The molecule has 132 valence electrons. The second kappa shape index (κ2) is 10.0. The van der Waals surface area contributed by atoms with Crippen LogP contribution in [0.25, 0.3) is 0 Å². The molecule has 0 saturated carbocycles. The molecule has 4 N–H and O–H groups in total. The van der Waals surface area contributed by atoms with Crippen molar-refractivity contribution in [2.24, 2.45) is 0 Å². The van der Waals surface area contributed by atoms with Crippen molar-refractivity contribution in [3.8, 4) is 0 Å². The van der Waals surface area contributed by atoms with Crippen LogP contribution in [-0.4, -0.2) is 66.2 Å². The predicted molar refractivity (Wildman–Crippen MR) is 86.1 cm³/mol. The topological polar surface area (TPSA) is 111 Å². The van der Waals surface area contributed by atoms with Gasteiger partial charge in [0.05, 0.1) is 6.04 Å². The minimum Gasteiger partial charge on any atom is -0.465 e. The van der Waals surface area contributed by atoms with Gasteiger partial charge in [0, 0.05) is 19.6 Å². The first-order valence-electron chi connectivity index (χ1n) is 8.28. The summed E-state index contributed by atoms with van der Waals surface area (Å²) in [5.74, 6) is -0.268. The molecule has 0 spiro atoms. The van der Waals surface area contributed by atoms with Crippen LogP contribution in [-0.2, 0) is 9.59 Å². The summed E-state index contributed by atoms with van der Waals surface area (Å²) < 4.78 is 0. The van der Waals surface area contributed by atoms with E-state index in [-0.39, 0.29) is 24.4 Å². The number of likely N-dealkylation sites (N-methyl/N-ethyl adjacent to an activating group) is 1. The Morgan fingerprint density at radius 2 is 2.00 bits per heavy atom. The summed E-state index contributed by atoms with van der Waals surface area (Å²) >= 11 is 0. The van der Waals surface area contributed by atoms with Gasteiger partial charge in [-0.25, -0.2) is 4.79 Å². The quantitative estimate of drug-likeness (QED) is 0.450. The normalized spacial score (nSPS) is 18.3. The summed E-state index contributed by atoms with van der Waals surface area (Å²) in [4.78, 5) is 36.9. The van der Waals surface area contributed by atoms with Gasteiger partial charge in [0.25, 0.3) is 0 Å². The van der Waals surface area contributed by atoms with Crippen LogP contribution in [0, 0.1) is 0 Å². The lowest BCUT2D eigenvalue weighted by molar-refractivity contribution is -0.136. The van der Waals surface area contributed by atoms with Crippen LogP contribution >= 0.6 is 0 Å². The van der Waals surface area contributed by atoms with Gasteiger partial charge in [-0.05, 0) is 46.1 Å². The highest BCUT2D eigenvalue weighted by atomic mass is 16.4. The van der Waals surface area contributed by atoms with E-state index < -0.39 is 12.1 Å². The highest BCUT2D eigenvalue weighted by molar-refractivity contribution is 5.89. The average molecular weight is 328 g/mol. The molecule has 0 aromatic carbocycles. The van der Waals surface area contributed by atoms with Crippen molar-refractivity contribution < 1.29 is 19.5 Å². The Labute approximate surface area is 137 Å². The van der Waals surface area contributed by atoms with E-state index in [0.717, 1.165) is 19.4 Å². The Balaban J connectivity index is 2.60. The second-order valence-corrected chi connectivity index (χ2v) is 5.59. The number of carbonyl (C=O) groups is 3. The molecular weight excluding hydrogens is 300 g/mol. The second-order valence-electron chi connectivity index (χ2n) is 5.59. The number of carboxylic acid groups (broad SMARTS) is 1. The van der Waals surface area contributed by atoms with E-state index in [9.17, 15) is 14.4 Å². The van der Waals surface area contributed by atoms with E-state index in [0.29, 0.717) is 25.9 Å². The lowest BCUT2D eigenvalue weighted by atomic mass is 10.1. The summed E-state index contributed by atoms with van der Waals surface area (Å²) in [5, 5.41) is 16.8. The molecule has 1 aliphatic heterocycles. The first-order valence-corrected chi connectivity index (χ1v) is 8.28. The van der Waals surface area contributed by atoms with Crippen LogP contribution in [0.3, 0.4) is 0 Å². The summed E-state index contributed by atoms with van der Waals surface area (Å²) in [7, 11) is 0. The monoisotopic (exact) mass is 328 g/mol. The molecule has 8 nitrogen and oxygen atoms in total. The van der Waals surface area contributed by atoms with Crippen LogP contribution in [0.5, 0.6) is 0 Å². The van der Waals surface area contributed by atoms with Gasteiger partial charge in [0.2, 0.25) is 11.8 Å². The smallest absolute Gasteiger partial charge is 0.404 e. The van der Waals surface area contributed by atoms with Gasteiger partial charge < -0.3 is 26.0 Å². The van der Waals surface area contributed by atoms with Gasteiger partial charge >= 0.3 is 6.09 Å². The molecule has 0 radical (unpaired) electrons. The molecule has 8 heteroatoms. The molecule has 2 atom stereocenters. The molecule has 3 amide bonds. The molecule has 0 aliphatic carbocycles. The lowest BCUT2D eigenvalue weighted by Gasteiger charge is -2.27. The van der Waals surface area contributed by atoms with Crippen molar-refractivity contribution in [2.75, 3.05) is 26.2 Å². The zero-order valence-electron chi connectivity index (χ0n) is 13.9. The molecule has 23 heavy (non-hydrogen) atoms. The fraction of sp³-hybridized carbons (Fsp3) is 0.800. The maximum absolute atomic E-state index is 12.5. The Kier molecular flexibility index (Phi) is 8.39.